The topological polar surface area (TPSA) is 44.8 Å². The van der Waals surface area contributed by atoms with Crippen molar-refractivity contribution in [3.63, 3.8) is 0 Å². The van der Waals surface area contributed by atoms with Gasteiger partial charge in [0, 0.05) is 37.1 Å². The normalized spacial score (nSPS) is 18.0. The summed E-state index contributed by atoms with van der Waals surface area (Å²) in [5, 5.41) is 0. The highest BCUT2D eigenvalue weighted by Gasteiger charge is 2.23. The molecule has 1 heterocycles. The summed E-state index contributed by atoms with van der Waals surface area (Å²) >= 11 is 1.30. The molecule has 5 heteroatoms. The van der Waals surface area contributed by atoms with E-state index < -0.39 is 0 Å². The molecule has 0 aromatic heterocycles. The van der Waals surface area contributed by atoms with Crippen LogP contribution in [0.25, 0.3) is 0 Å². The van der Waals surface area contributed by atoms with Crippen molar-refractivity contribution in [2.45, 2.75) is 30.8 Å². The first-order chi connectivity index (χ1) is 9.20. The molecular weight excluding hydrogens is 264 g/mol. The molecule has 0 radical (unpaired) electrons. The van der Waals surface area contributed by atoms with Gasteiger partial charge < -0.3 is 13.7 Å². The lowest BCUT2D eigenvalue weighted by Crippen LogP contribution is -2.23. The maximum atomic E-state index is 11.8. The van der Waals surface area contributed by atoms with Crippen LogP contribution in [0.2, 0.25) is 0 Å². The average molecular weight is 282 g/mol. The van der Waals surface area contributed by atoms with E-state index in [1.54, 1.807) is 7.11 Å². The number of Topliss-reactive ketones (excluding diaryl/α,β-unsaturated/α-hetero) is 1. The van der Waals surface area contributed by atoms with Gasteiger partial charge in [-0.2, -0.15) is 0 Å². The number of ketones is 1. The Bertz CT molecular complexity index is 447. The van der Waals surface area contributed by atoms with E-state index in [0.717, 1.165) is 11.3 Å². The standard InChI is InChI=1S/C14H18O4S/c1-10-8-13(15)12-5-4-11(9-14(12)18-10)19-17-7-3-6-16-2/h4-5,9-10H,3,6-8H2,1-2H3. The minimum atomic E-state index is -0.0529. The Hall–Kier alpha value is -1.04. The molecule has 0 spiro atoms. The summed E-state index contributed by atoms with van der Waals surface area (Å²) in [6, 6.07) is 5.56. The Morgan fingerprint density at radius 2 is 2.26 bits per heavy atom. The van der Waals surface area contributed by atoms with Crippen LogP contribution in [-0.2, 0) is 8.92 Å². The summed E-state index contributed by atoms with van der Waals surface area (Å²) in [6.45, 7) is 3.23. The molecule has 1 aromatic carbocycles. The van der Waals surface area contributed by atoms with Crippen LogP contribution in [0.3, 0.4) is 0 Å². The zero-order valence-electron chi connectivity index (χ0n) is 11.2. The van der Waals surface area contributed by atoms with Crippen LogP contribution >= 0.6 is 12.0 Å². The van der Waals surface area contributed by atoms with Crippen molar-refractivity contribution < 1.29 is 18.5 Å². The first-order valence-corrected chi connectivity index (χ1v) is 7.07. The van der Waals surface area contributed by atoms with Crippen LogP contribution in [0.15, 0.2) is 23.1 Å². The van der Waals surface area contributed by atoms with Gasteiger partial charge in [-0.05, 0) is 31.5 Å². The fourth-order valence-corrected chi connectivity index (χ4v) is 2.50. The van der Waals surface area contributed by atoms with Gasteiger partial charge >= 0.3 is 0 Å². The fraction of sp³-hybridized carbons (Fsp3) is 0.500. The molecule has 0 aliphatic carbocycles. The van der Waals surface area contributed by atoms with Crippen LogP contribution in [0, 0.1) is 0 Å². The molecule has 1 aliphatic heterocycles. The predicted octanol–water partition coefficient (Wildman–Crippen LogP) is 3.10. The van der Waals surface area contributed by atoms with E-state index in [9.17, 15) is 4.79 Å². The Morgan fingerprint density at radius 1 is 1.42 bits per heavy atom. The number of rotatable bonds is 6. The Morgan fingerprint density at radius 3 is 3.05 bits per heavy atom. The summed E-state index contributed by atoms with van der Waals surface area (Å²) in [6.07, 6.45) is 1.26. The van der Waals surface area contributed by atoms with E-state index in [1.165, 1.54) is 12.0 Å². The molecule has 4 nitrogen and oxygen atoms in total. The van der Waals surface area contributed by atoms with Crippen molar-refractivity contribution in [3.8, 4) is 5.75 Å². The van der Waals surface area contributed by atoms with Crippen molar-refractivity contribution >= 4 is 17.8 Å². The van der Waals surface area contributed by atoms with Crippen molar-refractivity contribution in [1.29, 1.82) is 0 Å². The largest absolute Gasteiger partial charge is 0.489 e. The second-order valence-corrected chi connectivity index (χ2v) is 5.34. The molecule has 0 saturated carbocycles. The number of carbonyl (C=O) groups excluding carboxylic acids is 1. The number of hydrogen-bond acceptors (Lipinski definition) is 5. The lowest BCUT2D eigenvalue weighted by molar-refractivity contribution is 0.0870. The van der Waals surface area contributed by atoms with Crippen LogP contribution < -0.4 is 4.74 Å². The van der Waals surface area contributed by atoms with Gasteiger partial charge in [0.2, 0.25) is 0 Å². The average Bonchev–Trinajstić information content (AvgIpc) is 2.38. The maximum absolute atomic E-state index is 11.8. The lowest BCUT2D eigenvalue weighted by atomic mass is 10.0. The van der Waals surface area contributed by atoms with Gasteiger partial charge in [-0.1, -0.05) is 0 Å². The first kappa shape index (κ1) is 14.4. The van der Waals surface area contributed by atoms with E-state index in [2.05, 4.69) is 0 Å². The monoisotopic (exact) mass is 282 g/mol. The molecule has 1 aromatic rings. The molecule has 1 atom stereocenters. The molecule has 1 unspecified atom stereocenters. The third-order valence-electron chi connectivity index (χ3n) is 2.79. The second kappa shape index (κ2) is 6.93. The molecule has 0 saturated heterocycles. The van der Waals surface area contributed by atoms with Gasteiger partial charge in [-0.25, -0.2) is 0 Å². The molecular formula is C14H18O4S. The Labute approximate surface area is 117 Å². The highest BCUT2D eigenvalue weighted by atomic mass is 32.2. The van der Waals surface area contributed by atoms with Gasteiger partial charge in [0.05, 0.1) is 12.2 Å². The van der Waals surface area contributed by atoms with Crippen LogP contribution in [-0.4, -0.2) is 32.2 Å². The summed E-state index contributed by atoms with van der Waals surface area (Å²) in [5.41, 5.74) is 0.668. The van der Waals surface area contributed by atoms with E-state index in [4.69, 9.17) is 13.7 Å². The quantitative estimate of drug-likeness (QED) is 0.592. The maximum Gasteiger partial charge on any atom is 0.170 e. The molecule has 0 fully saturated rings. The van der Waals surface area contributed by atoms with Gasteiger partial charge in [-0.3, -0.25) is 4.79 Å². The summed E-state index contributed by atoms with van der Waals surface area (Å²) < 4.78 is 16.1. The molecule has 0 amide bonds. The SMILES string of the molecule is COCCCOSc1ccc2c(c1)OC(C)CC2=O. The third-order valence-corrected chi connectivity index (χ3v) is 3.52. The fourth-order valence-electron chi connectivity index (χ4n) is 1.88. The van der Waals surface area contributed by atoms with Gasteiger partial charge in [0.15, 0.2) is 5.78 Å². The number of fused-ring (bicyclic) bond motifs is 1. The van der Waals surface area contributed by atoms with Gasteiger partial charge in [-0.15, -0.1) is 0 Å². The summed E-state index contributed by atoms with van der Waals surface area (Å²) in [7, 11) is 1.67. The molecule has 104 valence electrons. The van der Waals surface area contributed by atoms with E-state index in [0.29, 0.717) is 30.9 Å². The zero-order chi connectivity index (χ0) is 13.7. The summed E-state index contributed by atoms with van der Waals surface area (Å²) in [4.78, 5) is 12.8. The minimum absolute atomic E-state index is 0.0529. The van der Waals surface area contributed by atoms with Crippen molar-refractivity contribution in [2.75, 3.05) is 20.3 Å². The molecule has 0 N–H and O–H groups in total. The number of hydrogen-bond donors (Lipinski definition) is 0. The van der Waals surface area contributed by atoms with Crippen LogP contribution in [0.4, 0.5) is 0 Å². The molecule has 1 aliphatic rings. The second-order valence-electron chi connectivity index (χ2n) is 4.47. The summed E-state index contributed by atoms with van der Waals surface area (Å²) in [5.74, 6) is 0.806. The smallest absolute Gasteiger partial charge is 0.170 e. The Balaban J connectivity index is 1.93. The van der Waals surface area contributed by atoms with Crippen molar-refractivity contribution in [1.82, 2.24) is 0 Å². The van der Waals surface area contributed by atoms with Crippen LogP contribution in [0.1, 0.15) is 30.1 Å². The third kappa shape index (κ3) is 3.96. The lowest BCUT2D eigenvalue weighted by Gasteiger charge is -2.22. The first-order valence-electron chi connectivity index (χ1n) is 6.33. The van der Waals surface area contributed by atoms with Crippen molar-refractivity contribution in [3.05, 3.63) is 23.8 Å². The predicted molar refractivity (Wildman–Crippen MR) is 73.8 cm³/mol. The molecule has 2 rings (SSSR count). The highest BCUT2D eigenvalue weighted by molar-refractivity contribution is 7.94. The highest BCUT2D eigenvalue weighted by Crippen LogP contribution is 2.32. The zero-order valence-corrected chi connectivity index (χ0v) is 12.0. The minimum Gasteiger partial charge on any atom is -0.489 e. The van der Waals surface area contributed by atoms with E-state index >= 15 is 0 Å². The van der Waals surface area contributed by atoms with Crippen molar-refractivity contribution in [2.24, 2.45) is 0 Å². The number of carbonyl (C=O) groups is 1. The number of benzene rings is 1. The number of ether oxygens (including phenoxy) is 2. The molecule has 0 bridgehead atoms. The van der Waals surface area contributed by atoms with Gasteiger partial charge in [0.25, 0.3) is 0 Å². The van der Waals surface area contributed by atoms with E-state index in [1.807, 2.05) is 25.1 Å². The Kier molecular flexibility index (Phi) is 5.24. The number of methoxy groups -OCH3 is 1. The molecule has 19 heavy (non-hydrogen) atoms. The van der Waals surface area contributed by atoms with E-state index in [-0.39, 0.29) is 11.9 Å². The van der Waals surface area contributed by atoms with Crippen LogP contribution in [0.5, 0.6) is 5.75 Å². The van der Waals surface area contributed by atoms with Gasteiger partial charge in [0.1, 0.15) is 11.9 Å².